The zero-order valence-electron chi connectivity index (χ0n) is 87.2. The van der Waals surface area contributed by atoms with Crippen molar-refractivity contribution in [3.63, 3.8) is 0 Å². The molecule has 0 aliphatic heterocycles. The summed E-state index contributed by atoms with van der Waals surface area (Å²) in [6, 6.07) is 115. The van der Waals surface area contributed by atoms with Gasteiger partial charge in [0.05, 0.1) is 0 Å². The first kappa shape index (κ1) is 90.0. The van der Waals surface area contributed by atoms with E-state index in [0.717, 1.165) is 31.6 Å². The van der Waals surface area contributed by atoms with Crippen LogP contribution in [0, 0.1) is 34.6 Å². The van der Waals surface area contributed by atoms with Crippen molar-refractivity contribution in [2.45, 2.75) is 184 Å². The first-order chi connectivity index (χ1) is 73.1. The van der Waals surface area contributed by atoms with Crippen LogP contribution in [0.4, 0.5) is 0 Å². The summed E-state index contributed by atoms with van der Waals surface area (Å²) in [5, 5.41) is 11.3. The van der Waals surface area contributed by atoms with Gasteiger partial charge in [0.25, 0.3) is 0 Å². The number of pyridine rings is 4. The summed E-state index contributed by atoms with van der Waals surface area (Å²) in [4.78, 5) is 0. The maximum absolute atomic E-state index is 2.57. The molecule has 0 saturated heterocycles. The van der Waals surface area contributed by atoms with E-state index in [4.69, 9.17) is 0 Å². The highest BCUT2D eigenvalue weighted by molar-refractivity contribution is 5.82. The van der Waals surface area contributed by atoms with Crippen molar-refractivity contribution >= 4 is 48.6 Å². The van der Waals surface area contributed by atoms with Gasteiger partial charge in [-0.05, 0) is 359 Å². The number of rotatable bonds is 8. The number of aryl methyl sites for hydroxylation is 9. The van der Waals surface area contributed by atoms with Crippen molar-refractivity contribution in [3.8, 4) is 67.3 Å². The summed E-state index contributed by atoms with van der Waals surface area (Å²) >= 11 is 0. The second-order valence-corrected chi connectivity index (χ2v) is 45.8. The van der Waals surface area contributed by atoms with Gasteiger partial charge in [0.15, 0.2) is 24.8 Å². The maximum Gasteiger partial charge on any atom is 0.213 e. The number of aromatic nitrogens is 4. The third kappa shape index (κ3) is 14.5. The minimum absolute atomic E-state index is 0.285. The van der Waals surface area contributed by atoms with Crippen LogP contribution in [-0.2, 0) is 28.2 Å². The minimum atomic E-state index is 0.285. The Morgan fingerprint density at radius 2 is 0.463 bits per heavy atom. The third-order valence-electron chi connectivity index (χ3n) is 37.5. The monoisotopic (exact) mass is 1920 g/mol. The molecule has 2 saturated carbocycles. The van der Waals surface area contributed by atoms with Crippen LogP contribution in [0.15, 0.2) is 322 Å². The molecule has 0 N–H and O–H groups in total. The van der Waals surface area contributed by atoms with Crippen molar-refractivity contribution in [2.75, 3.05) is 0 Å². The zero-order valence-corrected chi connectivity index (χ0v) is 87.2. The SMILES string of the molecule is Cc1cc2c(cc1-c1cc(-c3ccccc3)cc[n+]1C)C1c3ccccc3C2c2cc3c(cc21)=CCC=3.Cc1cc2c(cc1-c1cc(C3CCCCC3)c(C)c[n+]1C)C1c3ccccc3C2c2cc3c(cc21)=CCC=3.Cc1cc2c(cc1-c1cc(C3CCCCC3)cc[n+]1C)C1c3ccccc3C2c2cc3c(cc21)=CCC=3.Cc1ccccc1-c1cc(-c2ccc3c(c2)C2c4ccccc4C3c3cc4c(cc32)=CCC=4)cc[n+]1C. The van der Waals surface area contributed by atoms with Crippen LogP contribution < -0.4 is 60.0 Å². The molecular weight excluding hydrogens is 1800 g/mol. The Hall–Kier alpha value is -15.4. The summed E-state index contributed by atoms with van der Waals surface area (Å²) < 4.78 is 9.20. The fourth-order valence-corrected chi connectivity index (χ4v) is 30.3. The molecule has 8 unspecified atom stereocenters. The molecule has 0 spiro atoms. The smallest absolute Gasteiger partial charge is 0.201 e. The first-order valence-corrected chi connectivity index (χ1v) is 55.5. The summed E-state index contributed by atoms with van der Waals surface area (Å²) in [6.45, 7) is 11.4. The molecular formula is C145H126N4+4. The molecule has 0 amide bonds. The van der Waals surface area contributed by atoms with Crippen LogP contribution >= 0.6 is 0 Å². The van der Waals surface area contributed by atoms with E-state index in [2.05, 4.69) is 452 Å². The van der Waals surface area contributed by atoms with Crippen molar-refractivity contribution in [2.24, 2.45) is 28.2 Å². The molecule has 36 rings (SSSR count). The first-order valence-electron chi connectivity index (χ1n) is 55.5. The fourth-order valence-electron chi connectivity index (χ4n) is 30.3. The second-order valence-electron chi connectivity index (χ2n) is 45.8. The Labute approximate surface area is 876 Å². The zero-order chi connectivity index (χ0) is 99.6. The van der Waals surface area contributed by atoms with E-state index < -0.39 is 0 Å². The third-order valence-corrected chi connectivity index (χ3v) is 37.5. The predicted octanol–water partition coefficient (Wildman–Crippen LogP) is 25.5. The van der Waals surface area contributed by atoms with Crippen molar-refractivity contribution in [3.05, 3.63) is 536 Å². The van der Waals surface area contributed by atoms with Crippen LogP contribution in [0.1, 0.15) is 322 Å². The van der Waals surface area contributed by atoms with Gasteiger partial charge in [0.1, 0.15) is 28.2 Å². The van der Waals surface area contributed by atoms with E-state index in [-0.39, 0.29) is 5.92 Å². The molecule has 4 nitrogen and oxygen atoms in total. The van der Waals surface area contributed by atoms with Crippen LogP contribution in [-0.4, -0.2) is 0 Å². The van der Waals surface area contributed by atoms with Gasteiger partial charge in [0, 0.05) is 118 Å². The molecule has 722 valence electrons. The lowest BCUT2D eigenvalue weighted by Gasteiger charge is -2.42. The molecule has 8 atom stereocenters. The second kappa shape index (κ2) is 35.4. The summed E-state index contributed by atoms with van der Waals surface area (Å²) in [5.41, 5.74) is 61.7. The summed E-state index contributed by atoms with van der Waals surface area (Å²) in [6.07, 6.45) is 46.0. The number of hydrogen-bond donors (Lipinski definition) is 0. The van der Waals surface area contributed by atoms with Gasteiger partial charge in [-0.25, -0.2) is 18.3 Å². The van der Waals surface area contributed by atoms with Gasteiger partial charge >= 0.3 is 0 Å². The van der Waals surface area contributed by atoms with E-state index >= 15 is 0 Å². The van der Waals surface area contributed by atoms with E-state index in [0.29, 0.717) is 47.3 Å². The van der Waals surface area contributed by atoms with Crippen molar-refractivity contribution in [1.82, 2.24) is 0 Å². The van der Waals surface area contributed by atoms with Gasteiger partial charge in [-0.15, -0.1) is 0 Å². The average Bonchev–Trinajstić information content (AvgIpc) is 1.68. The largest absolute Gasteiger partial charge is 0.213 e. The molecule has 0 radical (unpaired) electrons. The van der Waals surface area contributed by atoms with E-state index in [1.165, 1.54) is 340 Å². The summed E-state index contributed by atoms with van der Waals surface area (Å²) in [5.74, 6) is 3.93. The molecule has 18 aliphatic carbocycles. The number of hydrogen-bond acceptors (Lipinski definition) is 0. The average molecular weight is 1920 g/mol. The Morgan fingerprint density at radius 1 is 0.181 bits per heavy atom. The predicted molar refractivity (Wildman–Crippen MR) is 609 cm³/mol. The number of fused-ring (bicyclic) bond motifs is 4. The Kier molecular flexibility index (Phi) is 21.4. The van der Waals surface area contributed by atoms with Crippen LogP contribution in [0.25, 0.3) is 116 Å². The highest BCUT2D eigenvalue weighted by Crippen LogP contribution is 2.62. The van der Waals surface area contributed by atoms with E-state index in [1.54, 1.807) is 5.56 Å². The molecule has 18 aliphatic rings. The molecule has 4 heteroatoms. The Morgan fingerprint density at radius 3 is 0.839 bits per heavy atom. The van der Waals surface area contributed by atoms with Crippen molar-refractivity contribution in [1.29, 1.82) is 0 Å². The lowest BCUT2D eigenvalue weighted by Crippen LogP contribution is -2.34. The molecule has 149 heavy (non-hydrogen) atoms. The molecule has 2 fully saturated rings. The molecule has 18 aromatic rings. The number of nitrogens with zero attached hydrogens (tertiary/aromatic N) is 4. The lowest BCUT2D eigenvalue weighted by molar-refractivity contribution is -0.660. The molecule has 14 aromatic carbocycles. The van der Waals surface area contributed by atoms with Crippen LogP contribution in [0.2, 0.25) is 0 Å². The van der Waals surface area contributed by atoms with Gasteiger partial charge < -0.3 is 0 Å². The quantitative estimate of drug-likeness (QED) is 0.135. The Bertz CT molecular complexity index is 9410. The van der Waals surface area contributed by atoms with E-state index in [1.807, 2.05) is 0 Å². The maximum atomic E-state index is 2.57. The fraction of sp³-hybridized carbons (Fsp3) is 0.228. The van der Waals surface area contributed by atoms with Gasteiger partial charge in [0.2, 0.25) is 22.8 Å². The Balaban J connectivity index is 0.0000000935. The number of benzene rings is 14. The highest BCUT2D eigenvalue weighted by atomic mass is 14.9. The van der Waals surface area contributed by atoms with Crippen LogP contribution in [0.5, 0.6) is 0 Å². The van der Waals surface area contributed by atoms with Gasteiger partial charge in [-0.3, -0.25) is 0 Å². The minimum Gasteiger partial charge on any atom is -0.201 e. The summed E-state index contributed by atoms with van der Waals surface area (Å²) in [7, 11) is 8.75. The highest BCUT2D eigenvalue weighted by Gasteiger charge is 2.48. The normalized spacial score (nSPS) is 19.3. The topological polar surface area (TPSA) is 15.5 Å². The molecule has 8 bridgehead atoms. The lowest BCUT2D eigenvalue weighted by atomic mass is 9.60. The van der Waals surface area contributed by atoms with Crippen molar-refractivity contribution < 1.29 is 18.3 Å². The van der Waals surface area contributed by atoms with Gasteiger partial charge in [-0.1, -0.05) is 312 Å². The van der Waals surface area contributed by atoms with E-state index in [9.17, 15) is 0 Å². The molecule has 4 aromatic heterocycles. The molecule has 4 heterocycles. The van der Waals surface area contributed by atoms with Gasteiger partial charge in [-0.2, -0.15) is 0 Å². The standard InChI is InChI=1S/C37H36N.C36H28N.C36H34N.C36H28N/c1-22-16-31-34(19-30(22)35-20-29(23(2)21-38(35)3)24-10-5-4-6-11-24)37-28-15-8-7-14-27(28)36(31)32-17-25-12-9-13-26(25)18-33(32)37;1-22-8-3-4-11-27(22)34-21-26(16-17-37(34)2)25-14-15-30-31(20-25)36-29-13-6-5-12-28(29)35(30)32-18-23-9-7-10-24(23)19-33(32)36;2*1-22-17-30-33(21-29(22)34-20-26(15-16-37(34)2)23-9-4-3-5-10-23)36-28-14-7-6-13-27(28)35(30)31-18-24-11-8-12-25(24)19-32(31)36/h7-8,12-21,24,36-37H,4-6,9-11H2,1-3H3;3-6,8-21,35-36H,7H2,1-2H3;6-7,11-21,23,35-36H,3-5,8-10H2,1-2H3;3-7,9-21,35-36H,8H2,1-2H3/q4*+1. The van der Waals surface area contributed by atoms with Crippen LogP contribution in [0.3, 0.4) is 0 Å².